The van der Waals surface area contributed by atoms with Crippen LogP contribution >= 0.6 is 11.6 Å². The lowest BCUT2D eigenvalue weighted by Gasteiger charge is -2.11. The molecule has 18 heavy (non-hydrogen) atoms. The predicted molar refractivity (Wildman–Crippen MR) is 79.3 cm³/mol. The number of halogens is 1. The Balaban J connectivity index is 2.06. The van der Waals surface area contributed by atoms with Crippen molar-refractivity contribution in [3.8, 4) is 0 Å². The van der Waals surface area contributed by atoms with Crippen molar-refractivity contribution >= 4 is 11.6 Å². The van der Waals surface area contributed by atoms with Crippen molar-refractivity contribution in [2.45, 2.75) is 32.1 Å². The smallest absolute Gasteiger partial charge is 0.0625 e. The maximum Gasteiger partial charge on any atom is 0.0625 e. The number of aryl methyl sites for hydroxylation is 2. The van der Waals surface area contributed by atoms with Gasteiger partial charge in [-0.2, -0.15) is 0 Å². The maximum atomic E-state index is 6.48. The van der Waals surface area contributed by atoms with Crippen molar-refractivity contribution < 1.29 is 0 Å². The van der Waals surface area contributed by atoms with Crippen LogP contribution in [0.4, 0.5) is 0 Å². The number of rotatable bonds is 4. The molecule has 1 heteroatoms. The lowest BCUT2D eigenvalue weighted by molar-refractivity contribution is 0.917. The van der Waals surface area contributed by atoms with Crippen LogP contribution in [-0.4, -0.2) is 0 Å². The van der Waals surface area contributed by atoms with Crippen molar-refractivity contribution in [2.24, 2.45) is 0 Å². The van der Waals surface area contributed by atoms with Crippen LogP contribution in [0.5, 0.6) is 0 Å². The zero-order valence-electron chi connectivity index (χ0n) is 11.0. The second-order valence-electron chi connectivity index (χ2n) is 4.75. The van der Waals surface area contributed by atoms with Crippen molar-refractivity contribution in [3.05, 3.63) is 70.8 Å². The van der Waals surface area contributed by atoms with Gasteiger partial charge < -0.3 is 0 Å². The average molecular weight is 259 g/mol. The molecule has 0 amide bonds. The molecular weight excluding hydrogens is 240 g/mol. The van der Waals surface area contributed by atoms with Crippen molar-refractivity contribution in [1.82, 2.24) is 0 Å². The Morgan fingerprint density at radius 3 is 2.00 bits per heavy atom. The Kier molecular flexibility index (Phi) is 4.43. The van der Waals surface area contributed by atoms with E-state index in [2.05, 4.69) is 62.4 Å². The average Bonchev–Trinajstić information content (AvgIpc) is 2.41. The second kappa shape index (κ2) is 6.06. The largest absolute Gasteiger partial charge is 0.117 e. The van der Waals surface area contributed by atoms with Gasteiger partial charge in [-0.3, -0.25) is 0 Å². The fourth-order valence-electron chi connectivity index (χ4n) is 2.01. The fourth-order valence-corrected chi connectivity index (χ4v) is 2.33. The van der Waals surface area contributed by atoms with Gasteiger partial charge in [0, 0.05) is 0 Å². The van der Waals surface area contributed by atoms with E-state index < -0.39 is 0 Å². The van der Waals surface area contributed by atoms with Gasteiger partial charge in [0.05, 0.1) is 5.38 Å². The summed E-state index contributed by atoms with van der Waals surface area (Å²) in [6, 6.07) is 17.2. The van der Waals surface area contributed by atoms with Gasteiger partial charge in [-0.25, -0.2) is 0 Å². The van der Waals surface area contributed by atoms with Crippen LogP contribution in [0.25, 0.3) is 0 Å². The van der Waals surface area contributed by atoms with E-state index in [1.54, 1.807) is 0 Å². The van der Waals surface area contributed by atoms with Gasteiger partial charge in [0.15, 0.2) is 0 Å². The molecular formula is C17H19Cl. The van der Waals surface area contributed by atoms with E-state index in [-0.39, 0.29) is 5.38 Å². The third-order valence-corrected chi connectivity index (χ3v) is 3.69. The molecule has 0 saturated heterocycles. The molecule has 1 atom stereocenters. The molecule has 1 unspecified atom stereocenters. The lowest BCUT2D eigenvalue weighted by atomic mass is 10.0. The Hall–Kier alpha value is -1.27. The van der Waals surface area contributed by atoms with E-state index in [1.165, 1.54) is 22.3 Å². The first-order chi connectivity index (χ1) is 8.69. The predicted octanol–water partition coefficient (Wildman–Crippen LogP) is 5.08. The van der Waals surface area contributed by atoms with Gasteiger partial charge in [0.2, 0.25) is 0 Å². The first kappa shape index (κ1) is 13.2. The van der Waals surface area contributed by atoms with Gasteiger partial charge in [-0.05, 0) is 36.5 Å². The molecule has 94 valence electrons. The molecule has 0 radical (unpaired) electrons. The molecule has 0 aliphatic carbocycles. The number of hydrogen-bond acceptors (Lipinski definition) is 0. The van der Waals surface area contributed by atoms with E-state index in [1.807, 2.05) is 0 Å². The van der Waals surface area contributed by atoms with Crippen molar-refractivity contribution in [1.29, 1.82) is 0 Å². The summed E-state index contributed by atoms with van der Waals surface area (Å²) < 4.78 is 0. The van der Waals surface area contributed by atoms with Crippen LogP contribution in [0.3, 0.4) is 0 Å². The van der Waals surface area contributed by atoms with Gasteiger partial charge >= 0.3 is 0 Å². The number of hydrogen-bond donors (Lipinski definition) is 0. The summed E-state index contributed by atoms with van der Waals surface area (Å²) in [5.41, 5.74) is 5.14. The van der Waals surface area contributed by atoms with Gasteiger partial charge in [0.25, 0.3) is 0 Å². The molecule has 0 fully saturated rings. The lowest BCUT2D eigenvalue weighted by Crippen LogP contribution is -1.96. The fraction of sp³-hybridized carbons (Fsp3) is 0.294. The summed E-state index contributed by atoms with van der Waals surface area (Å²) in [7, 11) is 0. The molecule has 0 bridgehead atoms. The summed E-state index contributed by atoms with van der Waals surface area (Å²) >= 11 is 6.48. The van der Waals surface area contributed by atoms with Gasteiger partial charge in [-0.1, -0.05) is 61.0 Å². The van der Waals surface area contributed by atoms with Crippen molar-refractivity contribution in [2.75, 3.05) is 0 Å². The highest BCUT2D eigenvalue weighted by atomic mass is 35.5. The molecule has 0 heterocycles. The molecule has 0 aliphatic heterocycles. The molecule has 2 aromatic rings. The summed E-state index contributed by atoms with van der Waals surface area (Å²) in [6.45, 7) is 4.27. The van der Waals surface area contributed by atoms with Crippen LogP contribution in [-0.2, 0) is 12.8 Å². The zero-order valence-corrected chi connectivity index (χ0v) is 11.7. The first-order valence-electron chi connectivity index (χ1n) is 6.47. The van der Waals surface area contributed by atoms with E-state index in [0.717, 1.165) is 12.8 Å². The van der Waals surface area contributed by atoms with Crippen molar-refractivity contribution in [3.63, 3.8) is 0 Å². The normalized spacial score (nSPS) is 12.4. The summed E-state index contributed by atoms with van der Waals surface area (Å²) in [5, 5.41) is 0.0543. The molecule has 0 aromatic heterocycles. The Morgan fingerprint density at radius 2 is 1.44 bits per heavy atom. The first-order valence-corrected chi connectivity index (χ1v) is 6.91. The SMILES string of the molecule is CCc1ccc(C(Cl)Cc2ccc(C)cc2)cc1. The summed E-state index contributed by atoms with van der Waals surface area (Å²) in [6.07, 6.45) is 1.96. The summed E-state index contributed by atoms with van der Waals surface area (Å²) in [5.74, 6) is 0. The highest BCUT2D eigenvalue weighted by molar-refractivity contribution is 6.20. The minimum atomic E-state index is 0.0543. The van der Waals surface area contributed by atoms with Crippen LogP contribution in [0.2, 0.25) is 0 Å². The van der Waals surface area contributed by atoms with E-state index >= 15 is 0 Å². The van der Waals surface area contributed by atoms with E-state index in [4.69, 9.17) is 11.6 Å². The van der Waals surface area contributed by atoms with Crippen LogP contribution in [0.15, 0.2) is 48.5 Å². The molecule has 0 spiro atoms. The Morgan fingerprint density at radius 1 is 0.889 bits per heavy atom. The molecule has 2 aromatic carbocycles. The standard InChI is InChI=1S/C17H19Cl/c1-3-14-8-10-16(11-9-14)17(18)12-15-6-4-13(2)5-7-15/h4-11,17H,3,12H2,1-2H3. The van der Waals surface area contributed by atoms with Gasteiger partial charge in [-0.15, -0.1) is 11.6 Å². The zero-order chi connectivity index (χ0) is 13.0. The quantitative estimate of drug-likeness (QED) is 0.671. The molecule has 2 rings (SSSR count). The molecule has 0 N–H and O–H groups in total. The van der Waals surface area contributed by atoms with Crippen LogP contribution in [0, 0.1) is 6.92 Å². The minimum Gasteiger partial charge on any atom is -0.117 e. The maximum absolute atomic E-state index is 6.48. The van der Waals surface area contributed by atoms with E-state index in [9.17, 15) is 0 Å². The third kappa shape index (κ3) is 3.36. The number of alkyl halides is 1. The Labute approximate surface area is 115 Å². The molecule has 0 saturated carbocycles. The summed E-state index contributed by atoms with van der Waals surface area (Å²) in [4.78, 5) is 0. The molecule has 0 aliphatic rings. The Bertz CT molecular complexity index is 482. The molecule has 0 nitrogen and oxygen atoms in total. The highest BCUT2D eigenvalue weighted by Crippen LogP contribution is 2.25. The van der Waals surface area contributed by atoms with E-state index in [0.29, 0.717) is 0 Å². The monoisotopic (exact) mass is 258 g/mol. The second-order valence-corrected chi connectivity index (χ2v) is 5.28. The minimum absolute atomic E-state index is 0.0543. The van der Waals surface area contributed by atoms with Gasteiger partial charge in [0.1, 0.15) is 0 Å². The van der Waals surface area contributed by atoms with Crippen LogP contribution in [0.1, 0.15) is 34.6 Å². The third-order valence-electron chi connectivity index (χ3n) is 3.29. The topological polar surface area (TPSA) is 0 Å². The highest BCUT2D eigenvalue weighted by Gasteiger charge is 2.08. The number of benzene rings is 2. The van der Waals surface area contributed by atoms with Crippen LogP contribution < -0.4 is 0 Å².